The van der Waals surface area contributed by atoms with Crippen molar-refractivity contribution in [1.29, 1.82) is 0 Å². The lowest BCUT2D eigenvalue weighted by Gasteiger charge is -2.09. The number of fused-ring (bicyclic) bond motifs is 1. The van der Waals surface area contributed by atoms with E-state index in [0.717, 1.165) is 16.0 Å². The Bertz CT molecular complexity index is 1010. The Morgan fingerprint density at radius 3 is 2.64 bits per heavy atom. The normalized spacial score (nSPS) is 11.0. The van der Waals surface area contributed by atoms with Crippen LogP contribution in [-0.2, 0) is 6.54 Å². The van der Waals surface area contributed by atoms with Crippen molar-refractivity contribution < 1.29 is 0 Å². The van der Waals surface area contributed by atoms with Crippen LogP contribution in [0.5, 0.6) is 0 Å². The number of thiophene rings is 1. The van der Waals surface area contributed by atoms with Crippen molar-refractivity contribution >= 4 is 27.4 Å². The van der Waals surface area contributed by atoms with Crippen LogP contribution >= 0.6 is 11.3 Å². The van der Waals surface area contributed by atoms with Gasteiger partial charge in [0, 0.05) is 23.8 Å². The highest BCUT2D eigenvalue weighted by atomic mass is 32.1. The third kappa shape index (κ3) is 3.08. The van der Waals surface area contributed by atoms with Crippen molar-refractivity contribution in [2.24, 2.45) is 0 Å². The van der Waals surface area contributed by atoms with E-state index in [1.165, 1.54) is 16.0 Å². The maximum absolute atomic E-state index is 4.74. The molecule has 3 aromatic heterocycles. The van der Waals surface area contributed by atoms with E-state index in [4.69, 9.17) is 9.97 Å². The maximum atomic E-state index is 4.74. The quantitative estimate of drug-likeness (QED) is 0.593. The van der Waals surface area contributed by atoms with Crippen LogP contribution in [-0.4, -0.2) is 19.9 Å². The van der Waals surface area contributed by atoms with Gasteiger partial charge in [0.05, 0.1) is 11.6 Å². The summed E-state index contributed by atoms with van der Waals surface area (Å²) in [5.41, 5.74) is 3.11. The van der Waals surface area contributed by atoms with E-state index in [2.05, 4.69) is 41.3 Å². The van der Waals surface area contributed by atoms with Gasteiger partial charge in [-0.3, -0.25) is 4.98 Å². The molecule has 0 saturated carbocycles. The average Bonchev–Trinajstić information content (AvgIpc) is 2.95. The number of hydrogen-bond acceptors (Lipinski definition) is 6. The smallest absolute Gasteiger partial charge is 0.183 e. The fourth-order valence-corrected chi connectivity index (χ4v) is 3.72. The third-order valence-corrected chi connectivity index (χ3v) is 5.22. The summed E-state index contributed by atoms with van der Waals surface area (Å²) in [5.74, 6) is 1.44. The van der Waals surface area contributed by atoms with Gasteiger partial charge >= 0.3 is 0 Å². The summed E-state index contributed by atoms with van der Waals surface area (Å²) in [6.07, 6.45) is 5.00. The molecule has 0 bridgehead atoms. The fraction of sp³-hybridized carbons (Fsp3) is 0.158. The highest BCUT2D eigenvalue weighted by Gasteiger charge is 2.16. The largest absolute Gasteiger partial charge is 0.365 e. The van der Waals surface area contributed by atoms with E-state index < -0.39 is 0 Å². The molecule has 4 aromatic rings. The van der Waals surface area contributed by atoms with Crippen molar-refractivity contribution in [3.63, 3.8) is 0 Å². The van der Waals surface area contributed by atoms with Crippen LogP contribution in [0.2, 0.25) is 0 Å². The molecule has 0 spiro atoms. The van der Waals surface area contributed by atoms with Gasteiger partial charge in [0.1, 0.15) is 16.3 Å². The number of hydrogen-bond donors (Lipinski definition) is 1. The number of nitrogens with one attached hydrogen (secondary N) is 1. The fourth-order valence-electron chi connectivity index (χ4n) is 2.69. The Morgan fingerprint density at radius 2 is 1.88 bits per heavy atom. The second-order valence-electron chi connectivity index (χ2n) is 5.79. The zero-order valence-electron chi connectivity index (χ0n) is 14.0. The average molecular weight is 347 g/mol. The molecule has 25 heavy (non-hydrogen) atoms. The predicted molar refractivity (Wildman–Crippen MR) is 102 cm³/mol. The van der Waals surface area contributed by atoms with Gasteiger partial charge in [-0.05, 0) is 25.0 Å². The molecule has 0 unspecified atom stereocenters. The standard InChI is InChI=1S/C19H17N5S/c1-12-13(2)25-19-16(12)18(22-10-14-6-4-3-5-7-14)23-17(24-19)15-11-20-8-9-21-15/h3-9,11H,10H2,1-2H3,(H,22,23,24). The van der Waals surface area contributed by atoms with E-state index in [9.17, 15) is 0 Å². The van der Waals surface area contributed by atoms with Gasteiger partial charge in [-0.2, -0.15) is 0 Å². The van der Waals surface area contributed by atoms with Gasteiger partial charge in [0.2, 0.25) is 0 Å². The van der Waals surface area contributed by atoms with Crippen molar-refractivity contribution in [3.05, 3.63) is 64.9 Å². The molecule has 0 radical (unpaired) electrons. The van der Waals surface area contributed by atoms with Gasteiger partial charge in [-0.1, -0.05) is 30.3 Å². The zero-order valence-corrected chi connectivity index (χ0v) is 14.8. The van der Waals surface area contributed by atoms with Crippen LogP contribution in [0.15, 0.2) is 48.9 Å². The van der Waals surface area contributed by atoms with Crippen LogP contribution in [0, 0.1) is 13.8 Å². The second kappa shape index (κ2) is 6.57. The zero-order chi connectivity index (χ0) is 17.2. The van der Waals surface area contributed by atoms with E-state index in [1.807, 2.05) is 18.2 Å². The molecule has 0 amide bonds. The lowest BCUT2D eigenvalue weighted by atomic mass is 10.2. The van der Waals surface area contributed by atoms with Crippen LogP contribution < -0.4 is 5.32 Å². The Morgan fingerprint density at radius 1 is 1.04 bits per heavy atom. The number of nitrogens with zero attached hydrogens (tertiary/aromatic N) is 4. The molecule has 4 rings (SSSR count). The highest BCUT2D eigenvalue weighted by molar-refractivity contribution is 7.18. The summed E-state index contributed by atoms with van der Waals surface area (Å²) < 4.78 is 0. The first-order valence-corrected chi connectivity index (χ1v) is 8.86. The minimum absolute atomic E-state index is 0.595. The molecule has 1 aromatic carbocycles. The van der Waals surface area contributed by atoms with Crippen LogP contribution in [0.25, 0.3) is 21.7 Å². The summed E-state index contributed by atoms with van der Waals surface area (Å²) >= 11 is 1.68. The van der Waals surface area contributed by atoms with Gasteiger partial charge < -0.3 is 5.32 Å². The summed E-state index contributed by atoms with van der Waals surface area (Å²) in [7, 11) is 0. The van der Waals surface area contributed by atoms with Gasteiger partial charge in [0.25, 0.3) is 0 Å². The lowest BCUT2D eigenvalue weighted by molar-refractivity contribution is 1.09. The predicted octanol–water partition coefficient (Wildman–Crippen LogP) is 4.38. The molecule has 0 fully saturated rings. The third-order valence-electron chi connectivity index (χ3n) is 4.12. The monoisotopic (exact) mass is 347 g/mol. The van der Waals surface area contributed by atoms with Gasteiger partial charge in [-0.25, -0.2) is 15.0 Å². The molecule has 0 aliphatic heterocycles. The minimum atomic E-state index is 0.595. The first-order valence-electron chi connectivity index (χ1n) is 8.04. The number of benzene rings is 1. The molecule has 0 aliphatic rings. The summed E-state index contributed by atoms with van der Waals surface area (Å²) in [6.45, 7) is 4.94. The van der Waals surface area contributed by atoms with Crippen molar-refractivity contribution in [2.45, 2.75) is 20.4 Å². The topological polar surface area (TPSA) is 63.6 Å². The number of rotatable bonds is 4. The lowest BCUT2D eigenvalue weighted by Crippen LogP contribution is -2.04. The van der Waals surface area contributed by atoms with E-state index in [-0.39, 0.29) is 0 Å². The maximum Gasteiger partial charge on any atom is 0.183 e. The Balaban J connectivity index is 1.80. The molecule has 0 saturated heterocycles. The van der Waals surface area contributed by atoms with Crippen LogP contribution in [0.3, 0.4) is 0 Å². The highest BCUT2D eigenvalue weighted by Crippen LogP contribution is 2.34. The molecule has 6 heteroatoms. The number of aromatic nitrogens is 4. The van der Waals surface area contributed by atoms with Crippen molar-refractivity contribution in [3.8, 4) is 11.5 Å². The van der Waals surface area contributed by atoms with E-state index in [1.54, 1.807) is 29.9 Å². The molecule has 0 atom stereocenters. The van der Waals surface area contributed by atoms with E-state index >= 15 is 0 Å². The minimum Gasteiger partial charge on any atom is -0.365 e. The molecule has 5 nitrogen and oxygen atoms in total. The van der Waals surface area contributed by atoms with Crippen molar-refractivity contribution in [1.82, 2.24) is 19.9 Å². The molecule has 0 aliphatic carbocycles. The summed E-state index contributed by atoms with van der Waals surface area (Å²) in [6, 6.07) is 10.3. The molecular formula is C19H17N5S. The van der Waals surface area contributed by atoms with E-state index in [0.29, 0.717) is 18.1 Å². The number of aryl methyl sites for hydroxylation is 2. The molecule has 124 valence electrons. The summed E-state index contributed by atoms with van der Waals surface area (Å²) in [4.78, 5) is 20.1. The summed E-state index contributed by atoms with van der Waals surface area (Å²) in [5, 5.41) is 4.56. The van der Waals surface area contributed by atoms with Crippen LogP contribution in [0.4, 0.5) is 5.82 Å². The second-order valence-corrected chi connectivity index (χ2v) is 6.99. The molecule has 1 N–H and O–H groups in total. The van der Waals surface area contributed by atoms with Crippen LogP contribution in [0.1, 0.15) is 16.0 Å². The molecule has 3 heterocycles. The van der Waals surface area contributed by atoms with Gasteiger partial charge in [-0.15, -0.1) is 11.3 Å². The van der Waals surface area contributed by atoms with Crippen molar-refractivity contribution in [2.75, 3.05) is 5.32 Å². The Kier molecular flexibility index (Phi) is 4.11. The number of anilines is 1. The molecular weight excluding hydrogens is 330 g/mol. The Labute approximate surface area is 149 Å². The Hall–Kier alpha value is -2.86. The van der Waals surface area contributed by atoms with Gasteiger partial charge in [0.15, 0.2) is 5.82 Å². The first kappa shape index (κ1) is 15.7. The SMILES string of the molecule is Cc1sc2nc(-c3cnccn3)nc(NCc3ccccc3)c2c1C. The first-order chi connectivity index (χ1) is 12.2.